The Morgan fingerprint density at radius 3 is 2.68 bits per heavy atom. The molecular formula is C16H25N3O3. The molecule has 22 heavy (non-hydrogen) atoms. The Balaban J connectivity index is 1.81. The van der Waals surface area contributed by atoms with Gasteiger partial charge >= 0.3 is 0 Å². The van der Waals surface area contributed by atoms with Crippen LogP contribution in [0.25, 0.3) is 0 Å². The first-order valence-corrected chi connectivity index (χ1v) is 8.04. The maximum absolute atomic E-state index is 12.3. The summed E-state index contributed by atoms with van der Waals surface area (Å²) in [7, 11) is 0. The van der Waals surface area contributed by atoms with E-state index < -0.39 is 0 Å². The number of aromatic nitrogens is 1. The fourth-order valence-electron chi connectivity index (χ4n) is 2.88. The van der Waals surface area contributed by atoms with Crippen LogP contribution in [0.3, 0.4) is 0 Å². The molecule has 6 nitrogen and oxygen atoms in total. The molecule has 1 aliphatic heterocycles. The first-order chi connectivity index (χ1) is 10.5. The van der Waals surface area contributed by atoms with Crippen LogP contribution in [0.1, 0.15) is 45.3 Å². The van der Waals surface area contributed by atoms with Crippen LogP contribution in [0.5, 0.6) is 0 Å². The zero-order chi connectivity index (χ0) is 16.1. The molecule has 6 heteroatoms. The van der Waals surface area contributed by atoms with Gasteiger partial charge in [-0.2, -0.15) is 0 Å². The molecule has 2 amide bonds. The zero-order valence-electron chi connectivity index (χ0n) is 13.6. The highest BCUT2D eigenvalue weighted by Crippen LogP contribution is 2.21. The topological polar surface area (TPSA) is 75.4 Å². The SMILES string of the molecule is CCCC(C)C(=O)N1CCC(C(=O)Nc2cc(C)on2)CC1. The minimum Gasteiger partial charge on any atom is -0.360 e. The molecule has 1 N–H and O–H groups in total. The van der Waals surface area contributed by atoms with E-state index in [1.165, 1.54) is 0 Å². The molecule has 0 aromatic carbocycles. The van der Waals surface area contributed by atoms with E-state index in [1.54, 1.807) is 13.0 Å². The van der Waals surface area contributed by atoms with E-state index in [2.05, 4.69) is 17.4 Å². The molecule has 1 fully saturated rings. The monoisotopic (exact) mass is 307 g/mol. The van der Waals surface area contributed by atoms with E-state index >= 15 is 0 Å². The largest absolute Gasteiger partial charge is 0.360 e. The van der Waals surface area contributed by atoms with Crippen molar-refractivity contribution in [1.29, 1.82) is 0 Å². The van der Waals surface area contributed by atoms with E-state index in [-0.39, 0.29) is 23.7 Å². The number of piperidine rings is 1. The third kappa shape index (κ3) is 4.08. The molecule has 122 valence electrons. The van der Waals surface area contributed by atoms with Crippen LogP contribution in [0.2, 0.25) is 0 Å². The van der Waals surface area contributed by atoms with Gasteiger partial charge in [-0.15, -0.1) is 0 Å². The van der Waals surface area contributed by atoms with Crippen molar-refractivity contribution in [3.05, 3.63) is 11.8 Å². The third-order valence-corrected chi connectivity index (χ3v) is 4.20. The maximum atomic E-state index is 12.3. The summed E-state index contributed by atoms with van der Waals surface area (Å²) in [5.41, 5.74) is 0. The summed E-state index contributed by atoms with van der Waals surface area (Å²) in [5.74, 6) is 1.31. The molecule has 2 rings (SSSR count). The van der Waals surface area contributed by atoms with E-state index in [4.69, 9.17) is 4.52 Å². The Bertz CT molecular complexity index is 518. The predicted octanol–water partition coefficient (Wildman–Crippen LogP) is 2.60. The number of nitrogens with zero attached hydrogens (tertiary/aromatic N) is 2. The summed E-state index contributed by atoms with van der Waals surface area (Å²) in [4.78, 5) is 26.3. The van der Waals surface area contributed by atoms with E-state index in [1.807, 2.05) is 11.8 Å². The first kappa shape index (κ1) is 16.5. The number of anilines is 1. The Labute approximate surface area is 131 Å². The van der Waals surface area contributed by atoms with Gasteiger partial charge in [-0.25, -0.2) is 0 Å². The number of carbonyl (C=O) groups is 2. The van der Waals surface area contributed by atoms with Crippen LogP contribution in [0.15, 0.2) is 10.6 Å². The van der Waals surface area contributed by atoms with Crippen LogP contribution < -0.4 is 5.32 Å². The molecule has 0 spiro atoms. The lowest BCUT2D eigenvalue weighted by molar-refractivity contribution is -0.138. The van der Waals surface area contributed by atoms with E-state index in [9.17, 15) is 9.59 Å². The lowest BCUT2D eigenvalue weighted by Crippen LogP contribution is -2.43. The summed E-state index contributed by atoms with van der Waals surface area (Å²) in [6.45, 7) is 7.17. The number of carbonyl (C=O) groups excluding carboxylic acids is 2. The van der Waals surface area contributed by atoms with Gasteiger partial charge in [0, 0.05) is 31.0 Å². The number of aryl methyl sites for hydroxylation is 1. The second-order valence-corrected chi connectivity index (χ2v) is 6.10. The summed E-state index contributed by atoms with van der Waals surface area (Å²) in [6, 6.07) is 1.70. The van der Waals surface area contributed by atoms with Crippen LogP contribution in [-0.4, -0.2) is 35.0 Å². The van der Waals surface area contributed by atoms with Gasteiger partial charge in [0.05, 0.1) is 0 Å². The van der Waals surface area contributed by atoms with Crippen molar-refractivity contribution < 1.29 is 14.1 Å². The highest BCUT2D eigenvalue weighted by atomic mass is 16.5. The van der Waals surface area contributed by atoms with Crippen LogP contribution in [0, 0.1) is 18.8 Å². The molecule has 1 aliphatic rings. The number of hydrogen-bond acceptors (Lipinski definition) is 4. The molecule has 0 radical (unpaired) electrons. The van der Waals surface area contributed by atoms with Crippen molar-refractivity contribution in [2.24, 2.45) is 11.8 Å². The lowest BCUT2D eigenvalue weighted by atomic mass is 9.94. The average Bonchev–Trinajstić information content (AvgIpc) is 2.92. The normalized spacial score (nSPS) is 17.3. The fraction of sp³-hybridized carbons (Fsp3) is 0.688. The van der Waals surface area contributed by atoms with Crippen molar-refractivity contribution in [3.8, 4) is 0 Å². The molecule has 0 saturated carbocycles. The van der Waals surface area contributed by atoms with Gasteiger partial charge in [-0.3, -0.25) is 9.59 Å². The summed E-state index contributed by atoms with van der Waals surface area (Å²) >= 11 is 0. The van der Waals surface area contributed by atoms with E-state index in [0.29, 0.717) is 37.5 Å². The zero-order valence-corrected chi connectivity index (χ0v) is 13.6. The van der Waals surface area contributed by atoms with E-state index in [0.717, 1.165) is 12.8 Å². The Hall–Kier alpha value is -1.85. The van der Waals surface area contributed by atoms with Gasteiger partial charge in [0.1, 0.15) is 5.76 Å². The van der Waals surface area contributed by atoms with Crippen molar-refractivity contribution >= 4 is 17.6 Å². The average molecular weight is 307 g/mol. The predicted molar refractivity (Wildman–Crippen MR) is 83.2 cm³/mol. The van der Waals surface area contributed by atoms with Gasteiger partial charge in [-0.05, 0) is 26.2 Å². The minimum atomic E-state index is -0.0671. The van der Waals surface area contributed by atoms with Crippen LogP contribution in [0.4, 0.5) is 5.82 Å². The standard InChI is InChI=1S/C16H25N3O3/c1-4-5-11(2)16(21)19-8-6-13(7-9-19)15(20)17-14-10-12(3)22-18-14/h10-11,13H,4-9H2,1-3H3,(H,17,18,20). The second-order valence-electron chi connectivity index (χ2n) is 6.10. The lowest BCUT2D eigenvalue weighted by Gasteiger charge is -2.32. The molecular weight excluding hydrogens is 282 g/mol. The number of amides is 2. The number of rotatable bonds is 5. The van der Waals surface area contributed by atoms with Crippen molar-refractivity contribution in [2.45, 2.75) is 46.5 Å². The number of nitrogens with one attached hydrogen (secondary N) is 1. The molecule has 0 bridgehead atoms. The van der Waals surface area contributed by atoms with Gasteiger partial charge in [0.15, 0.2) is 5.82 Å². The van der Waals surface area contributed by atoms with Crippen LogP contribution in [-0.2, 0) is 9.59 Å². The molecule has 1 unspecified atom stereocenters. The minimum absolute atomic E-state index is 0.0398. The van der Waals surface area contributed by atoms with Crippen molar-refractivity contribution in [1.82, 2.24) is 10.1 Å². The number of hydrogen-bond donors (Lipinski definition) is 1. The van der Waals surface area contributed by atoms with Gasteiger partial charge in [0.25, 0.3) is 0 Å². The highest BCUT2D eigenvalue weighted by Gasteiger charge is 2.29. The molecule has 0 aliphatic carbocycles. The Kier molecular flexibility index (Phi) is 5.57. The number of likely N-dealkylation sites (tertiary alicyclic amines) is 1. The summed E-state index contributed by atoms with van der Waals surface area (Å²) < 4.78 is 4.93. The van der Waals surface area contributed by atoms with Crippen molar-refractivity contribution in [2.75, 3.05) is 18.4 Å². The van der Waals surface area contributed by atoms with Crippen molar-refractivity contribution in [3.63, 3.8) is 0 Å². The quantitative estimate of drug-likeness (QED) is 0.907. The molecule has 2 heterocycles. The first-order valence-electron chi connectivity index (χ1n) is 8.04. The molecule has 1 aromatic rings. The second kappa shape index (κ2) is 7.42. The maximum Gasteiger partial charge on any atom is 0.228 e. The summed E-state index contributed by atoms with van der Waals surface area (Å²) in [5, 5.41) is 6.54. The molecule has 1 aromatic heterocycles. The fourth-order valence-corrected chi connectivity index (χ4v) is 2.88. The third-order valence-electron chi connectivity index (χ3n) is 4.20. The van der Waals surface area contributed by atoms with Gasteiger partial charge < -0.3 is 14.7 Å². The van der Waals surface area contributed by atoms with Crippen LogP contribution >= 0.6 is 0 Å². The van der Waals surface area contributed by atoms with Gasteiger partial charge in [0.2, 0.25) is 11.8 Å². The highest BCUT2D eigenvalue weighted by molar-refractivity contribution is 5.91. The van der Waals surface area contributed by atoms with Gasteiger partial charge in [-0.1, -0.05) is 25.4 Å². The molecule has 1 saturated heterocycles. The smallest absolute Gasteiger partial charge is 0.228 e. The summed E-state index contributed by atoms with van der Waals surface area (Å²) in [6.07, 6.45) is 3.34. The Morgan fingerprint density at radius 1 is 1.45 bits per heavy atom. The Morgan fingerprint density at radius 2 is 2.14 bits per heavy atom. The molecule has 1 atom stereocenters.